The lowest BCUT2D eigenvalue weighted by molar-refractivity contribution is -0.133. The molecule has 124 valence electrons. The van der Waals surface area contributed by atoms with Crippen molar-refractivity contribution in [2.24, 2.45) is 0 Å². The molecule has 1 amide bonds. The van der Waals surface area contributed by atoms with E-state index in [1.54, 1.807) is 47.4 Å². The maximum absolute atomic E-state index is 12.0. The van der Waals surface area contributed by atoms with E-state index in [2.05, 4.69) is 23.2 Å². The average molecular weight is 326 g/mol. The highest BCUT2D eigenvalue weighted by molar-refractivity contribution is 5.91. The van der Waals surface area contributed by atoms with Crippen LogP contribution in [0.3, 0.4) is 0 Å². The van der Waals surface area contributed by atoms with Gasteiger partial charge >= 0.3 is 5.97 Å². The van der Waals surface area contributed by atoms with Gasteiger partial charge in [-0.1, -0.05) is 12.2 Å². The summed E-state index contributed by atoms with van der Waals surface area (Å²) in [5, 5.41) is 4.00. The van der Waals surface area contributed by atoms with E-state index in [-0.39, 0.29) is 12.5 Å². The molecule has 0 aliphatic heterocycles. The summed E-state index contributed by atoms with van der Waals surface area (Å²) in [5.74, 6) is -0.868. The lowest BCUT2D eigenvalue weighted by Gasteiger charge is -2.18. The van der Waals surface area contributed by atoms with Crippen molar-refractivity contribution in [2.75, 3.05) is 19.7 Å². The van der Waals surface area contributed by atoms with E-state index in [9.17, 15) is 9.59 Å². The molecule has 1 aromatic carbocycles. The van der Waals surface area contributed by atoms with E-state index >= 15 is 0 Å². The quantitative estimate of drug-likeness (QED) is 0.544. The van der Waals surface area contributed by atoms with E-state index in [0.29, 0.717) is 18.7 Å². The second kappa shape index (κ2) is 8.42. The number of esters is 1. The Hall–Kier alpha value is -3.22. The molecule has 0 saturated heterocycles. The normalized spacial score (nSPS) is 10.0. The number of hydrogen-bond acceptors (Lipinski definition) is 5. The molecule has 1 aromatic heterocycles. The van der Waals surface area contributed by atoms with Gasteiger partial charge in [-0.25, -0.2) is 14.5 Å². The molecule has 0 aliphatic rings. The topological polar surface area (TPSA) is 77.3 Å². The van der Waals surface area contributed by atoms with Gasteiger partial charge in [-0.05, 0) is 24.3 Å². The third-order valence-electron chi connectivity index (χ3n) is 3.16. The Bertz CT molecular complexity index is 698. The summed E-state index contributed by atoms with van der Waals surface area (Å²) in [6.07, 6.45) is 6.18. The number of ether oxygens (including phenoxy) is 1. The number of hydrogen-bond donors (Lipinski definition) is 0. The van der Waals surface area contributed by atoms with Crippen molar-refractivity contribution < 1.29 is 14.3 Å². The largest absolute Gasteiger partial charge is 0.452 e. The van der Waals surface area contributed by atoms with Gasteiger partial charge in [0.1, 0.15) is 12.7 Å². The average Bonchev–Trinajstić information content (AvgIpc) is 3.14. The molecule has 0 N–H and O–H groups in total. The molecule has 0 radical (unpaired) electrons. The Morgan fingerprint density at radius 1 is 1.17 bits per heavy atom. The molecular weight excluding hydrogens is 308 g/mol. The van der Waals surface area contributed by atoms with Gasteiger partial charge < -0.3 is 9.64 Å². The van der Waals surface area contributed by atoms with Crippen molar-refractivity contribution in [3.8, 4) is 5.69 Å². The SMILES string of the molecule is C=CCN(CC=C)C(=O)COC(=O)c1ccc(-n2cncn2)cc1. The van der Waals surface area contributed by atoms with Crippen molar-refractivity contribution >= 4 is 11.9 Å². The Labute approximate surface area is 139 Å². The third kappa shape index (κ3) is 4.39. The van der Waals surface area contributed by atoms with Crippen LogP contribution in [0.5, 0.6) is 0 Å². The van der Waals surface area contributed by atoms with Crippen LogP contribution in [0.2, 0.25) is 0 Å². The first kappa shape index (κ1) is 17.1. The Morgan fingerprint density at radius 2 is 1.83 bits per heavy atom. The fraction of sp³-hybridized carbons (Fsp3) is 0.176. The van der Waals surface area contributed by atoms with E-state index in [0.717, 1.165) is 5.69 Å². The van der Waals surface area contributed by atoms with Gasteiger partial charge in [0, 0.05) is 13.1 Å². The molecule has 2 rings (SSSR count). The Balaban J connectivity index is 1.93. The van der Waals surface area contributed by atoms with Crippen LogP contribution in [-0.2, 0) is 9.53 Å². The third-order valence-corrected chi connectivity index (χ3v) is 3.16. The summed E-state index contributed by atoms with van der Waals surface area (Å²) in [7, 11) is 0. The molecule has 0 unspecified atom stereocenters. The van der Waals surface area contributed by atoms with Crippen LogP contribution in [0, 0.1) is 0 Å². The first-order valence-electron chi connectivity index (χ1n) is 7.27. The van der Waals surface area contributed by atoms with Crippen LogP contribution < -0.4 is 0 Å². The minimum atomic E-state index is -0.564. The molecule has 7 nitrogen and oxygen atoms in total. The van der Waals surface area contributed by atoms with Crippen LogP contribution in [0.1, 0.15) is 10.4 Å². The predicted molar refractivity (Wildman–Crippen MR) is 88.6 cm³/mol. The van der Waals surface area contributed by atoms with Crippen LogP contribution in [0.25, 0.3) is 5.69 Å². The first-order chi connectivity index (χ1) is 11.7. The van der Waals surface area contributed by atoms with Crippen molar-refractivity contribution in [2.45, 2.75) is 0 Å². The lowest BCUT2D eigenvalue weighted by Crippen LogP contribution is -2.35. The molecular formula is C17H18N4O3. The number of amides is 1. The summed E-state index contributed by atoms with van der Waals surface area (Å²) in [6, 6.07) is 6.65. The minimum absolute atomic E-state index is 0.303. The predicted octanol–water partition coefficient (Wildman–Crippen LogP) is 1.62. The second-order valence-corrected chi connectivity index (χ2v) is 4.84. The van der Waals surface area contributed by atoms with Gasteiger partial charge in [0.2, 0.25) is 0 Å². The fourth-order valence-electron chi connectivity index (χ4n) is 1.98. The summed E-state index contributed by atoms with van der Waals surface area (Å²) < 4.78 is 6.63. The van der Waals surface area contributed by atoms with Crippen molar-refractivity contribution in [1.29, 1.82) is 0 Å². The number of benzene rings is 1. The standard InChI is InChI=1S/C17H18N4O3/c1-3-9-20(10-4-2)16(22)11-24-17(23)14-5-7-15(8-6-14)21-13-18-12-19-21/h3-8,12-13H,1-2,9-11H2. The number of carbonyl (C=O) groups is 2. The van der Waals surface area contributed by atoms with Crippen molar-refractivity contribution in [1.82, 2.24) is 19.7 Å². The van der Waals surface area contributed by atoms with Gasteiger partial charge in [0.05, 0.1) is 11.3 Å². The zero-order chi connectivity index (χ0) is 17.4. The highest BCUT2D eigenvalue weighted by Crippen LogP contribution is 2.09. The zero-order valence-corrected chi connectivity index (χ0v) is 13.2. The number of carbonyl (C=O) groups excluding carboxylic acids is 2. The minimum Gasteiger partial charge on any atom is -0.452 e. The summed E-state index contributed by atoms with van der Waals surface area (Å²) in [4.78, 5) is 29.4. The van der Waals surface area contributed by atoms with E-state index < -0.39 is 5.97 Å². The molecule has 24 heavy (non-hydrogen) atoms. The lowest BCUT2D eigenvalue weighted by atomic mass is 10.2. The van der Waals surface area contributed by atoms with Gasteiger partial charge in [0.25, 0.3) is 5.91 Å². The monoisotopic (exact) mass is 326 g/mol. The van der Waals surface area contributed by atoms with Gasteiger partial charge in [-0.15, -0.1) is 13.2 Å². The van der Waals surface area contributed by atoms with Crippen LogP contribution >= 0.6 is 0 Å². The van der Waals surface area contributed by atoms with E-state index in [1.165, 1.54) is 11.2 Å². The maximum Gasteiger partial charge on any atom is 0.338 e. The highest BCUT2D eigenvalue weighted by Gasteiger charge is 2.14. The number of nitrogens with zero attached hydrogens (tertiary/aromatic N) is 4. The van der Waals surface area contributed by atoms with Gasteiger partial charge in [-0.2, -0.15) is 5.10 Å². The number of rotatable bonds is 8. The summed E-state index contributed by atoms with van der Waals surface area (Å²) in [5.41, 5.74) is 1.12. The molecule has 0 atom stereocenters. The molecule has 0 bridgehead atoms. The Morgan fingerprint density at radius 3 is 2.38 bits per heavy atom. The van der Waals surface area contributed by atoms with Crippen LogP contribution in [0.4, 0.5) is 0 Å². The van der Waals surface area contributed by atoms with Crippen molar-refractivity contribution in [3.63, 3.8) is 0 Å². The molecule has 7 heteroatoms. The second-order valence-electron chi connectivity index (χ2n) is 4.84. The molecule has 2 aromatic rings. The van der Waals surface area contributed by atoms with Crippen LogP contribution in [-0.4, -0.2) is 51.2 Å². The number of aromatic nitrogens is 3. The molecule has 0 aliphatic carbocycles. The first-order valence-corrected chi connectivity index (χ1v) is 7.27. The van der Waals surface area contributed by atoms with E-state index in [4.69, 9.17) is 4.74 Å². The smallest absolute Gasteiger partial charge is 0.338 e. The molecule has 0 spiro atoms. The summed E-state index contributed by atoms with van der Waals surface area (Å²) in [6.45, 7) is 7.59. The maximum atomic E-state index is 12.0. The van der Waals surface area contributed by atoms with Gasteiger partial charge in [-0.3, -0.25) is 4.79 Å². The Kier molecular flexibility index (Phi) is 6.01. The van der Waals surface area contributed by atoms with Crippen molar-refractivity contribution in [3.05, 3.63) is 67.8 Å². The molecule has 1 heterocycles. The van der Waals surface area contributed by atoms with Crippen LogP contribution in [0.15, 0.2) is 62.2 Å². The van der Waals surface area contributed by atoms with Gasteiger partial charge in [0.15, 0.2) is 6.61 Å². The molecule has 0 saturated carbocycles. The molecule has 0 fully saturated rings. The van der Waals surface area contributed by atoms with E-state index in [1.807, 2.05) is 0 Å². The zero-order valence-electron chi connectivity index (χ0n) is 13.2. The highest BCUT2D eigenvalue weighted by atomic mass is 16.5. The summed E-state index contributed by atoms with van der Waals surface area (Å²) >= 11 is 0. The fourth-order valence-corrected chi connectivity index (χ4v) is 1.98.